The summed E-state index contributed by atoms with van der Waals surface area (Å²) in [5.41, 5.74) is 1.27. The molecule has 3 rings (SSSR count). The molecule has 0 amide bonds. The van der Waals surface area contributed by atoms with Crippen molar-refractivity contribution in [3.8, 4) is 11.3 Å². The Kier molecular flexibility index (Phi) is 4.47. The van der Waals surface area contributed by atoms with Gasteiger partial charge in [-0.1, -0.05) is 0 Å². The van der Waals surface area contributed by atoms with Crippen LogP contribution in [0.25, 0.3) is 11.3 Å². The molecule has 0 bridgehead atoms. The van der Waals surface area contributed by atoms with Gasteiger partial charge in [0.15, 0.2) is 0 Å². The highest BCUT2D eigenvalue weighted by Crippen LogP contribution is 2.28. The second-order valence-electron chi connectivity index (χ2n) is 5.41. The monoisotopic (exact) mass is 318 g/mol. The van der Waals surface area contributed by atoms with Crippen molar-refractivity contribution in [1.82, 2.24) is 19.8 Å². The maximum atomic E-state index is 11.5. The highest BCUT2D eigenvalue weighted by atomic mass is 32.1. The summed E-state index contributed by atoms with van der Waals surface area (Å²) >= 11 is 1.26. The number of aromatic carboxylic acids is 1. The maximum absolute atomic E-state index is 11.5. The number of likely N-dealkylation sites (N-methyl/N-ethyl adjacent to an activating group) is 1. The fraction of sp³-hybridized carbons (Fsp3) is 0.400. The minimum absolute atomic E-state index is 0.289. The number of hydrogen-bond donors (Lipinski definition) is 1. The lowest BCUT2D eigenvalue weighted by molar-refractivity contribution is 0.0702. The summed E-state index contributed by atoms with van der Waals surface area (Å²) < 4.78 is 0. The van der Waals surface area contributed by atoms with Crippen molar-refractivity contribution >= 4 is 17.3 Å². The molecule has 116 valence electrons. The number of pyridine rings is 1. The average Bonchev–Trinajstić information content (AvgIpc) is 2.95. The number of carboxylic acids is 1. The van der Waals surface area contributed by atoms with Gasteiger partial charge in [-0.15, -0.1) is 11.3 Å². The normalized spacial score (nSPS) is 16.8. The number of thiazole rings is 1. The van der Waals surface area contributed by atoms with Gasteiger partial charge in [-0.2, -0.15) is 0 Å². The zero-order valence-electron chi connectivity index (χ0n) is 12.4. The molecule has 0 spiro atoms. The SMILES string of the molecule is CN1CCN(Cc2nc(-c3cccnc3)c(C(=O)O)s2)CC1. The van der Waals surface area contributed by atoms with Crippen molar-refractivity contribution in [2.75, 3.05) is 33.2 Å². The molecule has 0 aromatic carbocycles. The highest BCUT2D eigenvalue weighted by molar-refractivity contribution is 7.14. The molecule has 2 aromatic heterocycles. The van der Waals surface area contributed by atoms with Crippen LogP contribution < -0.4 is 0 Å². The number of nitrogens with zero attached hydrogens (tertiary/aromatic N) is 4. The first-order valence-corrected chi connectivity index (χ1v) is 7.99. The molecule has 2 aromatic rings. The van der Waals surface area contributed by atoms with Crippen molar-refractivity contribution < 1.29 is 9.90 Å². The smallest absolute Gasteiger partial charge is 0.348 e. The van der Waals surface area contributed by atoms with Crippen molar-refractivity contribution in [3.05, 3.63) is 34.4 Å². The first kappa shape index (κ1) is 15.1. The van der Waals surface area contributed by atoms with Gasteiger partial charge in [0.05, 0.1) is 12.2 Å². The Balaban J connectivity index is 1.83. The minimum Gasteiger partial charge on any atom is -0.477 e. The van der Waals surface area contributed by atoms with E-state index in [4.69, 9.17) is 0 Å². The predicted molar refractivity (Wildman–Crippen MR) is 85.1 cm³/mol. The van der Waals surface area contributed by atoms with Gasteiger partial charge in [0, 0.05) is 44.1 Å². The van der Waals surface area contributed by atoms with E-state index in [1.54, 1.807) is 18.5 Å². The number of hydrogen-bond acceptors (Lipinski definition) is 6. The lowest BCUT2D eigenvalue weighted by atomic mass is 10.2. The van der Waals surface area contributed by atoms with Crippen LogP contribution in [0.15, 0.2) is 24.5 Å². The largest absolute Gasteiger partial charge is 0.477 e. The van der Waals surface area contributed by atoms with Crippen LogP contribution in [0.4, 0.5) is 0 Å². The molecule has 7 heteroatoms. The predicted octanol–water partition coefficient (Wildman–Crippen LogP) is 1.65. The van der Waals surface area contributed by atoms with Crippen molar-refractivity contribution in [2.24, 2.45) is 0 Å². The topological polar surface area (TPSA) is 69.6 Å². The average molecular weight is 318 g/mol. The molecule has 1 saturated heterocycles. The van der Waals surface area contributed by atoms with Gasteiger partial charge in [-0.25, -0.2) is 9.78 Å². The molecule has 0 saturated carbocycles. The molecule has 1 aliphatic rings. The molecule has 0 radical (unpaired) electrons. The Morgan fingerprint density at radius 2 is 2.14 bits per heavy atom. The van der Waals surface area contributed by atoms with E-state index in [9.17, 15) is 9.90 Å². The number of carboxylic acid groups (broad SMARTS) is 1. The fourth-order valence-electron chi connectivity index (χ4n) is 2.47. The van der Waals surface area contributed by atoms with Crippen LogP contribution in [0, 0.1) is 0 Å². The zero-order valence-corrected chi connectivity index (χ0v) is 13.2. The summed E-state index contributed by atoms with van der Waals surface area (Å²) in [6, 6.07) is 3.63. The van der Waals surface area contributed by atoms with Crippen molar-refractivity contribution in [2.45, 2.75) is 6.54 Å². The van der Waals surface area contributed by atoms with E-state index in [0.717, 1.165) is 36.8 Å². The quantitative estimate of drug-likeness (QED) is 0.924. The Bertz CT molecular complexity index is 651. The molecular formula is C15H18N4O2S. The molecule has 22 heavy (non-hydrogen) atoms. The first-order valence-electron chi connectivity index (χ1n) is 7.18. The molecule has 1 aliphatic heterocycles. The third-order valence-electron chi connectivity index (χ3n) is 3.76. The molecule has 0 atom stereocenters. The Morgan fingerprint density at radius 3 is 2.77 bits per heavy atom. The summed E-state index contributed by atoms with van der Waals surface area (Å²) in [7, 11) is 2.11. The van der Waals surface area contributed by atoms with Crippen LogP contribution in [0.2, 0.25) is 0 Å². The molecule has 3 heterocycles. The summed E-state index contributed by atoms with van der Waals surface area (Å²) in [5.74, 6) is -0.930. The lowest BCUT2D eigenvalue weighted by Crippen LogP contribution is -2.43. The van der Waals surface area contributed by atoms with Crippen LogP contribution in [0.3, 0.4) is 0 Å². The highest BCUT2D eigenvalue weighted by Gasteiger charge is 2.21. The second kappa shape index (κ2) is 6.51. The molecular weight excluding hydrogens is 300 g/mol. The first-order chi connectivity index (χ1) is 10.6. The summed E-state index contributed by atoms with van der Waals surface area (Å²) in [6.45, 7) is 4.75. The molecule has 0 unspecified atom stereocenters. The molecule has 6 nitrogen and oxygen atoms in total. The van der Waals surface area contributed by atoms with Gasteiger partial charge in [0.2, 0.25) is 0 Å². The molecule has 0 aliphatic carbocycles. The number of carbonyl (C=O) groups is 1. The number of piperazine rings is 1. The third-order valence-corrected chi connectivity index (χ3v) is 4.78. The number of aromatic nitrogens is 2. The van der Waals surface area contributed by atoms with E-state index in [0.29, 0.717) is 12.2 Å². The van der Waals surface area contributed by atoms with E-state index in [-0.39, 0.29) is 4.88 Å². The third kappa shape index (κ3) is 3.32. The maximum Gasteiger partial charge on any atom is 0.348 e. The van der Waals surface area contributed by atoms with Gasteiger partial charge < -0.3 is 10.0 Å². The van der Waals surface area contributed by atoms with Gasteiger partial charge in [0.1, 0.15) is 9.88 Å². The van der Waals surface area contributed by atoms with E-state index in [1.807, 2.05) is 6.07 Å². The van der Waals surface area contributed by atoms with Crippen LogP contribution in [-0.4, -0.2) is 64.1 Å². The van der Waals surface area contributed by atoms with Gasteiger partial charge in [0.25, 0.3) is 0 Å². The van der Waals surface area contributed by atoms with Crippen LogP contribution >= 0.6 is 11.3 Å². The van der Waals surface area contributed by atoms with Crippen molar-refractivity contribution in [1.29, 1.82) is 0 Å². The lowest BCUT2D eigenvalue weighted by Gasteiger charge is -2.31. The second-order valence-corrected chi connectivity index (χ2v) is 6.50. The molecule has 1 fully saturated rings. The molecule has 1 N–H and O–H groups in total. The Morgan fingerprint density at radius 1 is 1.36 bits per heavy atom. The summed E-state index contributed by atoms with van der Waals surface area (Å²) in [4.78, 5) is 25.0. The summed E-state index contributed by atoms with van der Waals surface area (Å²) in [6.07, 6.45) is 3.32. The van der Waals surface area contributed by atoms with Gasteiger partial charge >= 0.3 is 5.97 Å². The van der Waals surface area contributed by atoms with E-state index < -0.39 is 5.97 Å². The Labute approximate surface area is 133 Å². The zero-order chi connectivity index (χ0) is 15.5. The van der Waals surface area contributed by atoms with E-state index >= 15 is 0 Å². The van der Waals surface area contributed by atoms with Gasteiger partial charge in [-0.3, -0.25) is 9.88 Å². The fourth-order valence-corrected chi connectivity index (χ4v) is 3.44. The van der Waals surface area contributed by atoms with Crippen LogP contribution in [-0.2, 0) is 6.54 Å². The van der Waals surface area contributed by atoms with E-state index in [2.05, 4.69) is 26.8 Å². The Hall–Kier alpha value is -1.83. The van der Waals surface area contributed by atoms with Crippen molar-refractivity contribution in [3.63, 3.8) is 0 Å². The van der Waals surface area contributed by atoms with E-state index in [1.165, 1.54) is 11.3 Å². The number of rotatable bonds is 4. The summed E-state index contributed by atoms with van der Waals surface area (Å²) in [5, 5.41) is 10.3. The van der Waals surface area contributed by atoms with Crippen LogP contribution in [0.5, 0.6) is 0 Å². The minimum atomic E-state index is -0.930. The van der Waals surface area contributed by atoms with Crippen LogP contribution in [0.1, 0.15) is 14.7 Å². The standard InChI is InChI=1S/C15H18N4O2S/c1-18-5-7-19(8-6-18)10-12-17-13(14(22-12)15(20)21)11-3-2-4-16-9-11/h2-4,9H,5-8,10H2,1H3,(H,20,21). The van der Waals surface area contributed by atoms with Gasteiger partial charge in [-0.05, 0) is 19.2 Å².